The van der Waals surface area contributed by atoms with Crippen LogP contribution in [0.1, 0.15) is 33.3 Å². The average Bonchev–Trinajstić information content (AvgIpc) is 2.56. The molecule has 0 atom stereocenters. The van der Waals surface area contributed by atoms with Crippen molar-refractivity contribution in [2.45, 2.75) is 39.9 Å². The van der Waals surface area contributed by atoms with Crippen LogP contribution in [0.3, 0.4) is 0 Å². The first-order valence-corrected chi connectivity index (χ1v) is 8.24. The van der Waals surface area contributed by atoms with Gasteiger partial charge in [0.1, 0.15) is 18.8 Å². The van der Waals surface area contributed by atoms with E-state index in [1.165, 1.54) is 7.05 Å². The monoisotopic (exact) mass is 366 g/mol. The molecule has 0 radical (unpaired) electrons. The normalized spacial score (nSPS) is 10.7. The predicted molar refractivity (Wildman–Crippen MR) is 94.0 cm³/mol. The third-order valence-corrected chi connectivity index (χ3v) is 3.02. The summed E-state index contributed by atoms with van der Waals surface area (Å²) < 4.78 is 15.3. The van der Waals surface area contributed by atoms with Gasteiger partial charge in [-0.2, -0.15) is 0 Å². The Morgan fingerprint density at radius 1 is 1.00 bits per heavy atom. The fourth-order valence-corrected chi connectivity index (χ4v) is 1.85. The number of nitrogens with zero attached hydrogens (tertiary/aromatic N) is 2. The molecule has 0 aliphatic carbocycles. The van der Waals surface area contributed by atoms with Gasteiger partial charge in [-0.3, -0.25) is 4.79 Å². The van der Waals surface area contributed by atoms with Crippen molar-refractivity contribution < 1.29 is 28.6 Å². The molecule has 0 saturated heterocycles. The molecule has 0 unspecified atom stereocenters. The molecule has 1 aromatic rings. The fourth-order valence-electron chi connectivity index (χ4n) is 1.85. The van der Waals surface area contributed by atoms with E-state index in [1.54, 1.807) is 39.8 Å². The molecule has 26 heavy (non-hydrogen) atoms. The third kappa shape index (κ3) is 7.42. The van der Waals surface area contributed by atoms with E-state index in [0.29, 0.717) is 0 Å². The number of carbonyl (C=O) groups is 3. The van der Waals surface area contributed by atoms with Gasteiger partial charge in [-0.15, -0.1) is 0 Å². The smallest absolute Gasteiger partial charge is 0.430 e. The van der Waals surface area contributed by atoms with E-state index < -0.39 is 30.3 Å². The lowest BCUT2D eigenvalue weighted by molar-refractivity contribution is -0.147. The lowest BCUT2D eigenvalue weighted by Gasteiger charge is -2.32. The summed E-state index contributed by atoms with van der Waals surface area (Å²) in [4.78, 5) is 36.4. The quantitative estimate of drug-likeness (QED) is 0.452. The molecular formula is C18H26N2O6. The molecule has 8 heteroatoms. The maximum absolute atomic E-state index is 12.4. The van der Waals surface area contributed by atoms with E-state index in [0.717, 1.165) is 15.6 Å². The first-order chi connectivity index (χ1) is 12.1. The van der Waals surface area contributed by atoms with Crippen LogP contribution in [0.4, 0.5) is 9.59 Å². The Morgan fingerprint density at radius 2 is 1.62 bits per heavy atom. The molecule has 8 nitrogen and oxygen atoms in total. The van der Waals surface area contributed by atoms with E-state index in [2.05, 4.69) is 0 Å². The molecule has 0 aromatic heterocycles. The predicted octanol–water partition coefficient (Wildman–Crippen LogP) is 2.97. The van der Waals surface area contributed by atoms with Crippen LogP contribution < -0.4 is 0 Å². The van der Waals surface area contributed by atoms with Crippen molar-refractivity contribution in [1.29, 1.82) is 0 Å². The number of carbonyl (C=O) groups excluding carboxylic acids is 3. The Bertz CT molecular complexity index is 612. The summed E-state index contributed by atoms with van der Waals surface area (Å²) in [5.74, 6) is -0.666. The van der Waals surface area contributed by atoms with Gasteiger partial charge in [0, 0.05) is 7.05 Å². The number of hydrogen-bond acceptors (Lipinski definition) is 6. The minimum Gasteiger partial charge on any atom is -0.465 e. The third-order valence-electron chi connectivity index (χ3n) is 3.02. The number of hydrogen-bond donors (Lipinski definition) is 0. The van der Waals surface area contributed by atoms with Crippen LogP contribution in [0.25, 0.3) is 0 Å². The van der Waals surface area contributed by atoms with Crippen LogP contribution in [-0.4, -0.2) is 54.0 Å². The summed E-state index contributed by atoms with van der Waals surface area (Å²) in [7, 11) is 1.32. The molecule has 0 aliphatic heterocycles. The van der Waals surface area contributed by atoms with Crippen molar-refractivity contribution in [3.8, 4) is 0 Å². The Balaban J connectivity index is 2.80. The number of ether oxygens (including phenoxy) is 3. The zero-order valence-electron chi connectivity index (χ0n) is 15.9. The Labute approximate surface area is 153 Å². The maximum Gasteiger partial charge on any atom is 0.430 e. The highest BCUT2D eigenvalue weighted by molar-refractivity contribution is 5.80. The first kappa shape index (κ1) is 21.3. The highest BCUT2D eigenvalue weighted by atomic mass is 16.6. The topological polar surface area (TPSA) is 85.4 Å². The van der Waals surface area contributed by atoms with Crippen molar-refractivity contribution in [3.05, 3.63) is 35.9 Å². The van der Waals surface area contributed by atoms with E-state index in [-0.39, 0.29) is 13.2 Å². The highest BCUT2D eigenvalue weighted by Crippen LogP contribution is 2.12. The van der Waals surface area contributed by atoms with Gasteiger partial charge in [0.05, 0.1) is 6.61 Å². The Hall–Kier alpha value is -2.77. The summed E-state index contributed by atoms with van der Waals surface area (Å²) >= 11 is 0. The molecule has 0 heterocycles. The minimum atomic E-state index is -0.857. The number of hydrazine groups is 1. The minimum absolute atomic E-state index is 0.0333. The standard InChI is InChI=1S/C18H26N2O6/c1-6-24-15(21)12-20(17(23)26-18(2,3)4)19(5)16(22)25-13-14-10-8-7-9-11-14/h7-11H,6,12-13H2,1-5H3. The largest absolute Gasteiger partial charge is 0.465 e. The number of rotatable bonds is 5. The first-order valence-electron chi connectivity index (χ1n) is 8.24. The highest BCUT2D eigenvalue weighted by Gasteiger charge is 2.30. The van der Waals surface area contributed by atoms with Crippen molar-refractivity contribution in [2.24, 2.45) is 0 Å². The molecule has 0 N–H and O–H groups in total. The number of benzene rings is 1. The van der Waals surface area contributed by atoms with Crippen molar-refractivity contribution in [1.82, 2.24) is 10.0 Å². The van der Waals surface area contributed by atoms with Crippen LogP contribution in [0.15, 0.2) is 30.3 Å². The fraction of sp³-hybridized carbons (Fsp3) is 0.500. The van der Waals surface area contributed by atoms with Gasteiger partial charge in [-0.25, -0.2) is 19.6 Å². The SMILES string of the molecule is CCOC(=O)CN(C(=O)OC(C)(C)C)N(C)C(=O)OCc1ccccc1. The maximum atomic E-state index is 12.4. The number of amides is 2. The van der Waals surface area contributed by atoms with Crippen molar-refractivity contribution >= 4 is 18.2 Å². The van der Waals surface area contributed by atoms with Crippen LogP contribution >= 0.6 is 0 Å². The Kier molecular flexibility index (Phi) is 7.89. The molecule has 0 bridgehead atoms. The zero-order valence-corrected chi connectivity index (χ0v) is 15.9. The second-order valence-corrected chi connectivity index (χ2v) is 6.41. The molecule has 0 saturated carbocycles. The summed E-state index contributed by atoms with van der Waals surface area (Å²) in [6.45, 7) is 6.41. The van der Waals surface area contributed by atoms with Gasteiger partial charge in [0.15, 0.2) is 0 Å². The van der Waals surface area contributed by atoms with Crippen LogP contribution in [0.5, 0.6) is 0 Å². The zero-order chi connectivity index (χ0) is 19.7. The molecule has 1 aromatic carbocycles. The van der Waals surface area contributed by atoms with Gasteiger partial charge in [-0.1, -0.05) is 30.3 Å². The van der Waals surface area contributed by atoms with E-state index in [4.69, 9.17) is 14.2 Å². The molecule has 0 spiro atoms. The summed E-state index contributed by atoms with van der Waals surface area (Å²) in [6, 6.07) is 9.09. The van der Waals surface area contributed by atoms with Gasteiger partial charge in [-0.05, 0) is 33.3 Å². The van der Waals surface area contributed by atoms with Gasteiger partial charge in [0.25, 0.3) is 0 Å². The van der Waals surface area contributed by atoms with Crippen molar-refractivity contribution in [2.75, 3.05) is 20.2 Å². The van der Waals surface area contributed by atoms with Gasteiger partial charge >= 0.3 is 18.2 Å². The molecule has 0 fully saturated rings. The van der Waals surface area contributed by atoms with Crippen LogP contribution in [0.2, 0.25) is 0 Å². The lowest BCUT2D eigenvalue weighted by Crippen LogP contribution is -2.51. The number of esters is 1. The molecule has 2 amide bonds. The molecule has 0 aliphatic rings. The molecular weight excluding hydrogens is 340 g/mol. The second kappa shape index (κ2) is 9.65. The lowest BCUT2D eigenvalue weighted by atomic mass is 10.2. The van der Waals surface area contributed by atoms with E-state index in [9.17, 15) is 14.4 Å². The van der Waals surface area contributed by atoms with Crippen molar-refractivity contribution in [3.63, 3.8) is 0 Å². The molecule has 1 rings (SSSR count). The van der Waals surface area contributed by atoms with E-state index in [1.807, 2.05) is 18.2 Å². The van der Waals surface area contributed by atoms with Gasteiger partial charge < -0.3 is 14.2 Å². The molecule has 144 valence electrons. The van der Waals surface area contributed by atoms with E-state index >= 15 is 0 Å². The average molecular weight is 366 g/mol. The van der Waals surface area contributed by atoms with Crippen LogP contribution in [-0.2, 0) is 25.6 Å². The van der Waals surface area contributed by atoms with Crippen LogP contribution in [0, 0.1) is 0 Å². The Morgan fingerprint density at radius 3 is 2.15 bits per heavy atom. The van der Waals surface area contributed by atoms with Gasteiger partial charge in [0.2, 0.25) is 0 Å². The summed E-state index contributed by atoms with van der Waals surface area (Å²) in [5, 5.41) is 1.74. The summed E-state index contributed by atoms with van der Waals surface area (Å²) in [5.41, 5.74) is 0.00199. The summed E-state index contributed by atoms with van der Waals surface area (Å²) in [6.07, 6.45) is -1.66. The second-order valence-electron chi connectivity index (χ2n) is 6.41.